The van der Waals surface area contributed by atoms with Crippen molar-refractivity contribution in [1.82, 2.24) is 4.31 Å². The molecule has 0 bridgehead atoms. The summed E-state index contributed by atoms with van der Waals surface area (Å²) in [6.45, 7) is 5.15. The number of hydrogen-bond acceptors (Lipinski definition) is 6. The van der Waals surface area contributed by atoms with E-state index in [-0.39, 0.29) is 25.1 Å². The van der Waals surface area contributed by atoms with E-state index in [1.165, 1.54) is 4.31 Å². The summed E-state index contributed by atoms with van der Waals surface area (Å²) in [6, 6.07) is 0. The van der Waals surface area contributed by atoms with Crippen LogP contribution in [0, 0.1) is 5.92 Å². The fourth-order valence-corrected chi connectivity index (χ4v) is 2.87. The van der Waals surface area contributed by atoms with Gasteiger partial charge in [-0.1, -0.05) is 13.8 Å². The summed E-state index contributed by atoms with van der Waals surface area (Å²) >= 11 is 0. The van der Waals surface area contributed by atoms with E-state index in [0.29, 0.717) is 26.4 Å². The maximum absolute atomic E-state index is 12.2. The van der Waals surface area contributed by atoms with Gasteiger partial charge in [0.15, 0.2) is 0 Å². The Kier molecular flexibility index (Phi) is 11.3. The molecule has 0 aromatic rings. The minimum absolute atomic E-state index is 0.0363. The van der Waals surface area contributed by atoms with Crippen LogP contribution in [-0.2, 0) is 29.0 Å². The molecule has 0 fully saturated rings. The van der Waals surface area contributed by atoms with E-state index < -0.39 is 10.0 Å². The third-order valence-electron chi connectivity index (χ3n) is 2.27. The van der Waals surface area contributed by atoms with Crippen molar-refractivity contribution in [1.29, 1.82) is 0 Å². The molecule has 0 aromatic heterocycles. The molecule has 20 heavy (non-hydrogen) atoms. The van der Waals surface area contributed by atoms with E-state index in [1.807, 2.05) is 13.8 Å². The summed E-state index contributed by atoms with van der Waals surface area (Å²) in [5.41, 5.74) is 0. The second-order valence-electron chi connectivity index (χ2n) is 4.68. The lowest BCUT2D eigenvalue weighted by molar-refractivity contribution is -0.0228. The van der Waals surface area contributed by atoms with Crippen molar-refractivity contribution in [3.05, 3.63) is 0 Å². The monoisotopic (exact) mass is 313 g/mol. The molecule has 0 heterocycles. The molecule has 0 aliphatic heterocycles. The molecule has 0 aliphatic rings. The van der Waals surface area contributed by atoms with Gasteiger partial charge in [-0.05, 0) is 5.92 Å². The first-order chi connectivity index (χ1) is 9.44. The van der Waals surface area contributed by atoms with E-state index in [2.05, 4.69) is 0 Å². The molecule has 0 spiro atoms. The maximum Gasteiger partial charge on any atom is 0.218 e. The molecule has 7 nitrogen and oxygen atoms in total. The Morgan fingerprint density at radius 3 is 1.70 bits per heavy atom. The van der Waals surface area contributed by atoms with Crippen molar-refractivity contribution >= 4 is 10.0 Å². The van der Waals surface area contributed by atoms with Gasteiger partial charge in [0, 0.05) is 14.2 Å². The molecule has 0 atom stereocenters. The number of sulfonamides is 1. The molecular formula is C12H27NO6S. The van der Waals surface area contributed by atoms with Gasteiger partial charge in [0.2, 0.25) is 10.0 Å². The standard InChI is InChI=1S/C12H27NO6S/c1-12(2)9-20(14,15)13(10-18-7-5-16-3)11-19-8-6-17-4/h12H,5-11H2,1-4H3. The minimum Gasteiger partial charge on any atom is -0.382 e. The van der Waals surface area contributed by atoms with E-state index in [9.17, 15) is 8.42 Å². The first-order valence-electron chi connectivity index (χ1n) is 6.55. The highest BCUT2D eigenvalue weighted by molar-refractivity contribution is 7.89. The lowest BCUT2D eigenvalue weighted by Gasteiger charge is -2.22. The summed E-state index contributed by atoms with van der Waals surface area (Å²) in [4.78, 5) is 0. The van der Waals surface area contributed by atoms with Gasteiger partial charge in [0.05, 0.1) is 32.2 Å². The molecule has 8 heteroatoms. The second kappa shape index (κ2) is 11.4. The number of nitrogens with zero attached hydrogens (tertiary/aromatic N) is 1. The van der Waals surface area contributed by atoms with Crippen LogP contribution in [0.1, 0.15) is 13.8 Å². The van der Waals surface area contributed by atoms with Crippen LogP contribution < -0.4 is 0 Å². The van der Waals surface area contributed by atoms with Crippen LogP contribution >= 0.6 is 0 Å². The number of hydrogen-bond donors (Lipinski definition) is 0. The largest absolute Gasteiger partial charge is 0.382 e. The zero-order chi connectivity index (χ0) is 15.4. The van der Waals surface area contributed by atoms with E-state index in [0.717, 1.165) is 0 Å². The van der Waals surface area contributed by atoms with Crippen molar-refractivity contribution in [3.63, 3.8) is 0 Å². The average molecular weight is 313 g/mol. The van der Waals surface area contributed by atoms with Gasteiger partial charge in [-0.2, -0.15) is 4.31 Å². The van der Waals surface area contributed by atoms with Crippen LogP contribution in [0.2, 0.25) is 0 Å². The van der Waals surface area contributed by atoms with Crippen LogP contribution in [-0.4, -0.2) is 72.6 Å². The van der Waals surface area contributed by atoms with Crippen LogP contribution in [0.25, 0.3) is 0 Å². The van der Waals surface area contributed by atoms with Gasteiger partial charge >= 0.3 is 0 Å². The van der Waals surface area contributed by atoms with E-state index >= 15 is 0 Å². The van der Waals surface area contributed by atoms with Gasteiger partial charge in [-0.3, -0.25) is 0 Å². The SMILES string of the molecule is COCCOCN(COCCOC)S(=O)(=O)CC(C)C. The number of methoxy groups -OCH3 is 2. The summed E-state index contributed by atoms with van der Waals surface area (Å²) in [7, 11) is -0.274. The molecule has 0 N–H and O–H groups in total. The minimum atomic E-state index is -3.39. The Balaban J connectivity index is 4.36. The van der Waals surface area contributed by atoms with Gasteiger partial charge < -0.3 is 18.9 Å². The summed E-state index contributed by atoms with van der Waals surface area (Å²) in [5.74, 6) is 0.106. The summed E-state index contributed by atoms with van der Waals surface area (Å²) in [5, 5.41) is 0. The van der Waals surface area contributed by atoms with Gasteiger partial charge in [-0.15, -0.1) is 0 Å². The predicted molar refractivity (Wildman–Crippen MR) is 75.9 cm³/mol. The molecular weight excluding hydrogens is 286 g/mol. The maximum atomic E-state index is 12.2. The molecule has 0 aliphatic carbocycles. The fourth-order valence-electron chi connectivity index (χ4n) is 1.34. The van der Waals surface area contributed by atoms with E-state index in [4.69, 9.17) is 18.9 Å². The van der Waals surface area contributed by atoms with Crippen molar-refractivity contribution in [2.75, 3.05) is 59.9 Å². The van der Waals surface area contributed by atoms with Crippen molar-refractivity contribution < 1.29 is 27.4 Å². The topological polar surface area (TPSA) is 74.3 Å². The fraction of sp³-hybridized carbons (Fsp3) is 1.00. The Hall–Kier alpha value is -0.250. The quantitative estimate of drug-likeness (QED) is 0.364. The third kappa shape index (κ3) is 9.62. The summed E-state index contributed by atoms with van der Waals surface area (Å²) < 4.78 is 45.8. The van der Waals surface area contributed by atoms with Gasteiger partial charge in [0.25, 0.3) is 0 Å². The Morgan fingerprint density at radius 1 is 0.900 bits per heavy atom. The third-order valence-corrected chi connectivity index (χ3v) is 4.36. The smallest absolute Gasteiger partial charge is 0.218 e. The summed E-state index contributed by atoms with van der Waals surface area (Å²) in [6.07, 6.45) is 0. The molecule has 0 radical (unpaired) electrons. The van der Waals surface area contributed by atoms with Crippen LogP contribution in [0.15, 0.2) is 0 Å². The Morgan fingerprint density at radius 2 is 1.35 bits per heavy atom. The lowest BCUT2D eigenvalue weighted by atomic mass is 10.3. The van der Waals surface area contributed by atoms with E-state index in [1.54, 1.807) is 14.2 Å². The second-order valence-corrected chi connectivity index (χ2v) is 6.70. The van der Waals surface area contributed by atoms with Crippen molar-refractivity contribution in [2.24, 2.45) is 5.92 Å². The van der Waals surface area contributed by atoms with Crippen molar-refractivity contribution in [2.45, 2.75) is 13.8 Å². The first kappa shape index (κ1) is 19.8. The molecule has 0 amide bonds. The average Bonchev–Trinajstić information content (AvgIpc) is 2.35. The van der Waals surface area contributed by atoms with Crippen LogP contribution in [0.5, 0.6) is 0 Å². The molecule has 0 unspecified atom stereocenters. The van der Waals surface area contributed by atoms with Crippen LogP contribution in [0.3, 0.4) is 0 Å². The van der Waals surface area contributed by atoms with Crippen molar-refractivity contribution in [3.8, 4) is 0 Å². The normalized spacial score (nSPS) is 12.5. The zero-order valence-electron chi connectivity index (χ0n) is 12.8. The molecule has 0 rings (SSSR count). The van der Waals surface area contributed by atoms with Crippen LogP contribution in [0.4, 0.5) is 0 Å². The van der Waals surface area contributed by atoms with Gasteiger partial charge in [0.1, 0.15) is 13.5 Å². The number of ether oxygens (including phenoxy) is 4. The number of rotatable bonds is 13. The Bertz CT molecular complexity index is 308. The lowest BCUT2D eigenvalue weighted by Crippen LogP contribution is -2.38. The Labute approximate surface area is 122 Å². The zero-order valence-corrected chi connectivity index (χ0v) is 13.6. The van der Waals surface area contributed by atoms with Gasteiger partial charge in [-0.25, -0.2) is 8.42 Å². The predicted octanol–water partition coefficient (Wildman–Crippen LogP) is 0.515. The molecule has 0 saturated carbocycles. The molecule has 122 valence electrons. The highest BCUT2D eigenvalue weighted by atomic mass is 32.2. The highest BCUT2D eigenvalue weighted by Crippen LogP contribution is 2.07. The molecule has 0 aromatic carbocycles. The highest BCUT2D eigenvalue weighted by Gasteiger charge is 2.23. The molecule has 0 saturated heterocycles. The first-order valence-corrected chi connectivity index (χ1v) is 8.16.